The zero-order valence-electron chi connectivity index (χ0n) is 17.4. The Morgan fingerprint density at radius 2 is 1.76 bits per heavy atom. The zero-order chi connectivity index (χ0) is 20.6. The van der Waals surface area contributed by atoms with Gasteiger partial charge in [0.25, 0.3) is 0 Å². The second-order valence-corrected chi connectivity index (χ2v) is 8.90. The van der Waals surface area contributed by atoms with Gasteiger partial charge in [-0.05, 0) is 49.2 Å². The molecule has 1 unspecified atom stereocenters. The van der Waals surface area contributed by atoms with Gasteiger partial charge in [-0.15, -0.1) is 11.3 Å². The van der Waals surface area contributed by atoms with Crippen LogP contribution in [-0.2, 0) is 0 Å². The Balaban J connectivity index is 1.94. The number of anilines is 2. The number of benzene rings is 2. The smallest absolute Gasteiger partial charge is 0.190 e. The molecule has 0 saturated carbocycles. The molecule has 5 heteroatoms. The highest BCUT2D eigenvalue weighted by atomic mass is 79.9. The van der Waals surface area contributed by atoms with Gasteiger partial charge in [0, 0.05) is 27.1 Å². The van der Waals surface area contributed by atoms with E-state index in [1.807, 2.05) is 12.1 Å². The standard InChI is InChI=1S/C24H29BrN2OS/c1-4-6-7-8-20(5-2)27(21-13-15-22(28-3)16-14-21)24-26-23(17-29-24)18-9-11-19(25)12-10-18/h9-17,20H,4-8H2,1-3H3. The van der Waals surface area contributed by atoms with Gasteiger partial charge in [0.05, 0.1) is 12.8 Å². The summed E-state index contributed by atoms with van der Waals surface area (Å²) in [6.07, 6.45) is 6.01. The lowest BCUT2D eigenvalue weighted by molar-refractivity contribution is 0.414. The average Bonchev–Trinajstić information content (AvgIpc) is 3.23. The molecule has 3 nitrogen and oxygen atoms in total. The first-order valence-electron chi connectivity index (χ1n) is 10.3. The summed E-state index contributed by atoms with van der Waals surface area (Å²) in [4.78, 5) is 7.44. The van der Waals surface area contributed by atoms with Gasteiger partial charge >= 0.3 is 0 Å². The molecule has 29 heavy (non-hydrogen) atoms. The van der Waals surface area contributed by atoms with Gasteiger partial charge in [-0.25, -0.2) is 4.98 Å². The number of ether oxygens (including phenoxy) is 1. The molecule has 0 bridgehead atoms. The van der Waals surface area contributed by atoms with Gasteiger partial charge in [0.2, 0.25) is 0 Å². The number of hydrogen-bond acceptors (Lipinski definition) is 4. The molecular formula is C24H29BrN2OS. The minimum atomic E-state index is 0.430. The monoisotopic (exact) mass is 472 g/mol. The molecule has 0 radical (unpaired) electrons. The van der Waals surface area contributed by atoms with E-state index in [1.165, 1.54) is 31.4 Å². The number of hydrogen-bond donors (Lipinski definition) is 0. The lowest BCUT2D eigenvalue weighted by Crippen LogP contribution is -2.30. The summed E-state index contributed by atoms with van der Waals surface area (Å²) < 4.78 is 6.44. The Morgan fingerprint density at radius 3 is 2.38 bits per heavy atom. The Hall–Kier alpha value is -1.85. The van der Waals surface area contributed by atoms with Crippen molar-refractivity contribution in [2.24, 2.45) is 0 Å². The highest BCUT2D eigenvalue weighted by molar-refractivity contribution is 9.10. The summed E-state index contributed by atoms with van der Waals surface area (Å²) in [5.74, 6) is 0.877. The third-order valence-electron chi connectivity index (χ3n) is 5.17. The summed E-state index contributed by atoms with van der Waals surface area (Å²) in [5.41, 5.74) is 3.34. The largest absolute Gasteiger partial charge is 0.497 e. The van der Waals surface area contributed by atoms with Crippen LogP contribution in [0.25, 0.3) is 11.3 Å². The van der Waals surface area contributed by atoms with E-state index in [0.29, 0.717) is 6.04 Å². The second-order valence-electron chi connectivity index (χ2n) is 7.15. The van der Waals surface area contributed by atoms with E-state index >= 15 is 0 Å². The first kappa shape index (κ1) is 21.8. The molecule has 0 aliphatic heterocycles. The van der Waals surface area contributed by atoms with Crippen molar-refractivity contribution in [3.63, 3.8) is 0 Å². The topological polar surface area (TPSA) is 25.4 Å². The van der Waals surface area contributed by atoms with E-state index in [4.69, 9.17) is 9.72 Å². The van der Waals surface area contributed by atoms with Gasteiger partial charge < -0.3 is 9.64 Å². The number of thiazole rings is 1. The fourth-order valence-corrected chi connectivity index (χ4v) is 4.68. The lowest BCUT2D eigenvalue weighted by Gasteiger charge is -2.31. The predicted octanol–water partition coefficient (Wildman–Crippen LogP) is 8.08. The van der Waals surface area contributed by atoms with Crippen LogP contribution < -0.4 is 9.64 Å². The number of halogens is 1. The van der Waals surface area contributed by atoms with E-state index in [9.17, 15) is 0 Å². The van der Waals surface area contributed by atoms with Gasteiger partial charge in [-0.2, -0.15) is 0 Å². The van der Waals surface area contributed by atoms with E-state index in [2.05, 4.69) is 76.5 Å². The molecule has 1 heterocycles. The Morgan fingerprint density at radius 1 is 1.03 bits per heavy atom. The average molecular weight is 473 g/mol. The van der Waals surface area contributed by atoms with Crippen LogP contribution in [0.15, 0.2) is 58.4 Å². The molecule has 0 aliphatic carbocycles. The fraction of sp³-hybridized carbons (Fsp3) is 0.375. The molecule has 0 aliphatic rings. The molecule has 3 aromatic rings. The maximum absolute atomic E-state index is 5.36. The third-order valence-corrected chi connectivity index (χ3v) is 6.53. The van der Waals surface area contributed by atoms with E-state index in [-0.39, 0.29) is 0 Å². The van der Waals surface area contributed by atoms with Crippen LogP contribution >= 0.6 is 27.3 Å². The molecule has 0 spiro atoms. The van der Waals surface area contributed by atoms with Crippen molar-refractivity contribution in [2.45, 2.75) is 52.0 Å². The van der Waals surface area contributed by atoms with Crippen molar-refractivity contribution in [2.75, 3.05) is 12.0 Å². The van der Waals surface area contributed by atoms with Crippen LogP contribution in [0, 0.1) is 0 Å². The lowest BCUT2D eigenvalue weighted by atomic mass is 10.0. The molecule has 3 rings (SSSR count). The first-order chi connectivity index (χ1) is 14.2. The Bertz CT molecular complexity index is 877. The summed E-state index contributed by atoms with van der Waals surface area (Å²) in [7, 11) is 1.71. The quantitative estimate of drug-likeness (QED) is 0.278. The summed E-state index contributed by atoms with van der Waals surface area (Å²) in [5, 5.41) is 3.21. The normalized spacial score (nSPS) is 12.0. The van der Waals surface area contributed by atoms with Gasteiger partial charge in [-0.3, -0.25) is 0 Å². The van der Waals surface area contributed by atoms with E-state index < -0.39 is 0 Å². The molecule has 0 amide bonds. The molecule has 0 saturated heterocycles. The second kappa shape index (κ2) is 10.8. The van der Waals surface area contributed by atoms with Crippen LogP contribution in [0.1, 0.15) is 46.0 Å². The van der Waals surface area contributed by atoms with Gasteiger partial charge in [0.15, 0.2) is 5.13 Å². The summed E-state index contributed by atoms with van der Waals surface area (Å²) in [6, 6.07) is 17.1. The van der Waals surface area contributed by atoms with Crippen molar-refractivity contribution in [1.82, 2.24) is 4.98 Å². The number of unbranched alkanes of at least 4 members (excludes halogenated alkanes) is 2. The molecule has 0 fully saturated rings. The molecule has 0 N–H and O–H groups in total. The van der Waals surface area contributed by atoms with Crippen LogP contribution in [0.3, 0.4) is 0 Å². The molecular weight excluding hydrogens is 444 g/mol. The molecule has 1 aromatic heterocycles. The summed E-state index contributed by atoms with van der Waals surface area (Å²) >= 11 is 5.23. The number of rotatable bonds is 10. The fourth-order valence-electron chi connectivity index (χ4n) is 3.49. The van der Waals surface area contributed by atoms with Crippen LogP contribution in [0.2, 0.25) is 0 Å². The van der Waals surface area contributed by atoms with Crippen LogP contribution in [-0.4, -0.2) is 18.1 Å². The van der Waals surface area contributed by atoms with Crippen molar-refractivity contribution in [1.29, 1.82) is 0 Å². The number of nitrogens with zero attached hydrogens (tertiary/aromatic N) is 2. The highest BCUT2D eigenvalue weighted by Gasteiger charge is 2.22. The highest BCUT2D eigenvalue weighted by Crippen LogP contribution is 2.36. The Labute approximate surface area is 186 Å². The predicted molar refractivity (Wildman–Crippen MR) is 129 cm³/mol. The zero-order valence-corrected chi connectivity index (χ0v) is 19.8. The summed E-state index contributed by atoms with van der Waals surface area (Å²) in [6.45, 7) is 4.53. The van der Waals surface area contributed by atoms with E-state index in [0.717, 1.165) is 33.0 Å². The Kier molecular flexibility index (Phi) is 8.13. The van der Waals surface area contributed by atoms with Crippen molar-refractivity contribution in [3.05, 3.63) is 58.4 Å². The molecule has 1 atom stereocenters. The third kappa shape index (κ3) is 5.61. The van der Waals surface area contributed by atoms with Gasteiger partial charge in [-0.1, -0.05) is 61.2 Å². The number of aromatic nitrogens is 1. The SMILES string of the molecule is CCCCCC(CC)N(c1ccc(OC)cc1)c1nc(-c2ccc(Br)cc2)cs1. The number of methoxy groups -OCH3 is 1. The van der Waals surface area contributed by atoms with Crippen molar-refractivity contribution in [3.8, 4) is 17.0 Å². The maximum Gasteiger partial charge on any atom is 0.190 e. The first-order valence-corrected chi connectivity index (χ1v) is 12.0. The van der Waals surface area contributed by atoms with Gasteiger partial charge in [0.1, 0.15) is 5.75 Å². The minimum absolute atomic E-state index is 0.430. The van der Waals surface area contributed by atoms with E-state index in [1.54, 1.807) is 18.4 Å². The molecule has 154 valence electrons. The van der Waals surface area contributed by atoms with Crippen LogP contribution in [0.4, 0.5) is 10.8 Å². The van der Waals surface area contributed by atoms with Crippen molar-refractivity contribution < 1.29 is 4.74 Å². The van der Waals surface area contributed by atoms with Crippen molar-refractivity contribution >= 4 is 38.1 Å². The molecule has 2 aromatic carbocycles. The maximum atomic E-state index is 5.36. The van der Waals surface area contributed by atoms with Crippen LogP contribution in [0.5, 0.6) is 5.75 Å². The minimum Gasteiger partial charge on any atom is -0.497 e.